The number of nitriles is 1. The molecule has 0 radical (unpaired) electrons. The summed E-state index contributed by atoms with van der Waals surface area (Å²) in [6.07, 6.45) is 0.451. The van der Waals surface area contributed by atoms with Gasteiger partial charge < -0.3 is 4.57 Å². The van der Waals surface area contributed by atoms with Gasteiger partial charge in [0.05, 0.1) is 11.6 Å². The number of nitrogens with zero attached hydrogens (tertiary/aromatic N) is 1. The minimum atomic E-state index is -2.75. The summed E-state index contributed by atoms with van der Waals surface area (Å²) in [5.41, 5.74) is 1.59. The largest absolute Gasteiger partial charge is 0.313 e. The highest BCUT2D eigenvalue weighted by molar-refractivity contribution is 7.78. The van der Waals surface area contributed by atoms with Gasteiger partial charge in [-0.05, 0) is 17.7 Å². The Morgan fingerprint density at radius 1 is 0.739 bits per heavy atom. The van der Waals surface area contributed by atoms with Gasteiger partial charge in [0.2, 0.25) is 0 Å². The predicted octanol–water partition coefficient (Wildman–Crippen LogP) is 4.07. The summed E-state index contributed by atoms with van der Waals surface area (Å²) in [4.78, 5) is 0. The molecule has 0 N–H and O–H groups in total. The van der Waals surface area contributed by atoms with E-state index >= 15 is 0 Å². The molecule has 0 bridgehead atoms. The molecule has 0 saturated carbocycles. The Bertz CT molecular complexity index is 822. The monoisotopic (exact) mass is 317 g/mol. The Balaban J connectivity index is 2.06. The topological polar surface area (TPSA) is 40.9 Å². The SMILES string of the molecule is N#Cc1ccc(CP(=O)(c2ccccc2)c2ccccc2)cc1. The highest BCUT2D eigenvalue weighted by Gasteiger charge is 2.27. The maximum absolute atomic E-state index is 13.9. The summed E-state index contributed by atoms with van der Waals surface area (Å²) >= 11 is 0. The maximum Gasteiger partial charge on any atom is 0.147 e. The molecule has 3 rings (SSSR count). The number of hydrogen-bond acceptors (Lipinski definition) is 2. The van der Waals surface area contributed by atoms with E-state index in [1.807, 2.05) is 72.8 Å². The molecular weight excluding hydrogens is 301 g/mol. The van der Waals surface area contributed by atoms with Gasteiger partial charge in [0.1, 0.15) is 7.14 Å². The van der Waals surface area contributed by atoms with Crippen LogP contribution in [0, 0.1) is 11.3 Å². The molecule has 0 aliphatic carbocycles. The molecule has 0 heterocycles. The van der Waals surface area contributed by atoms with E-state index in [0.29, 0.717) is 11.7 Å². The van der Waals surface area contributed by atoms with Crippen LogP contribution in [0.15, 0.2) is 84.9 Å². The van der Waals surface area contributed by atoms with Gasteiger partial charge in [-0.25, -0.2) is 0 Å². The molecule has 0 amide bonds. The molecule has 3 aromatic rings. The first-order chi connectivity index (χ1) is 11.2. The second-order valence-electron chi connectivity index (χ2n) is 5.38. The summed E-state index contributed by atoms with van der Waals surface area (Å²) in [7, 11) is -2.75. The van der Waals surface area contributed by atoms with Crippen molar-refractivity contribution < 1.29 is 4.57 Å². The van der Waals surface area contributed by atoms with Gasteiger partial charge in [-0.1, -0.05) is 72.8 Å². The van der Waals surface area contributed by atoms with Crippen LogP contribution in [0.1, 0.15) is 11.1 Å². The second kappa shape index (κ2) is 6.65. The summed E-state index contributed by atoms with van der Waals surface area (Å²) in [5, 5.41) is 10.6. The van der Waals surface area contributed by atoms with Crippen molar-refractivity contribution in [3.05, 3.63) is 96.1 Å². The Kier molecular flexibility index (Phi) is 4.42. The minimum Gasteiger partial charge on any atom is -0.313 e. The molecule has 3 heteroatoms. The standard InChI is InChI=1S/C20H16NOP/c21-15-17-11-13-18(14-12-17)16-23(22,19-7-3-1-4-8-19)20-9-5-2-6-10-20/h1-14H,16H2. The second-order valence-corrected chi connectivity index (χ2v) is 8.21. The van der Waals surface area contributed by atoms with Gasteiger partial charge in [-0.2, -0.15) is 5.26 Å². The van der Waals surface area contributed by atoms with Crippen molar-refractivity contribution in [1.29, 1.82) is 5.26 Å². The fraction of sp³-hybridized carbons (Fsp3) is 0.0500. The number of rotatable bonds is 4. The molecule has 0 atom stereocenters. The van der Waals surface area contributed by atoms with Crippen LogP contribution in [-0.4, -0.2) is 0 Å². The van der Waals surface area contributed by atoms with E-state index in [-0.39, 0.29) is 0 Å². The molecule has 23 heavy (non-hydrogen) atoms. The molecule has 112 valence electrons. The van der Waals surface area contributed by atoms with E-state index in [0.717, 1.165) is 16.2 Å². The lowest BCUT2D eigenvalue weighted by molar-refractivity contribution is 0.586. The van der Waals surface area contributed by atoms with Crippen molar-refractivity contribution >= 4 is 17.8 Å². The highest BCUT2D eigenvalue weighted by atomic mass is 31.2. The van der Waals surface area contributed by atoms with Crippen LogP contribution >= 0.6 is 7.14 Å². The van der Waals surface area contributed by atoms with Crippen LogP contribution < -0.4 is 10.6 Å². The van der Waals surface area contributed by atoms with Crippen LogP contribution in [0.4, 0.5) is 0 Å². The van der Waals surface area contributed by atoms with Gasteiger partial charge in [-0.15, -0.1) is 0 Å². The van der Waals surface area contributed by atoms with E-state index in [2.05, 4.69) is 6.07 Å². The Morgan fingerprint density at radius 2 is 1.22 bits per heavy atom. The van der Waals surface area contributed by atoms with Crippen molar-refractivity contribution in [3.63, 3.8) is 0 Å². The zero-order valence-corrected chi connectivity index (χ0v) is 13.5. The molecule has 2 nitrogen and oxygen atoms in total. The van der Waals surface area contributed by atoms with Crippen LogP contribution in [-0.2, 0) is 10.7 Å². The van der Waals surface area contributed by atoms with Crippen LogP contribution in [0.2, 0.25) is 0 Å². The highest BCUT2D eigenvalue weighted by Crippen LogP contribution is 2.46. The molecule has 0 aliphatic rings. The third-order valence-electron chi connectivity index (χ3n) is 3.83. The lowest BCUT2D eigenvalue weighted by Gasteiger charge is -2.19. The maximum atomic E-state index is 13.9. The molecule has 0 aliphatic heterocycles. The van der Waals surface area contributed by atoms with Crippen LogP contribution in [0.5, 0.6) is 0 Å². The van der Waals surface area contributed by atoms with E-state index < -0.39 is 7.14 Å². The zero-order chi connectivity index (χ0) is 16.1. The first kappa shape index (κ1) is 15.3. The van der Waals surface area contributed by atoms with Gasteiger partial charge in [-0.3, -0.25) is 0 Å². The lowest BCUT2D eigenvalue weighted by Crippen LogP contribution is -2.17. The third kappa shape index (κ3) is 3.26. The first-order valence-corrected chi connectivity index (χ1v) is 9.31. The average molecular weight is 317 g/mol. The van der Waals surface area contributed by atoms with E-state index in [4.69, 9.17) is 5.26 Å². The van der Waals surface area contributed by atoms with Crippen LogP contribution in [0.3, 0.4) is 0 Å². The fourth-order valence-corrected chi connectivity index (χ4v) is 5.31. The summed E-state index contributed by atoms with van der Waals surface area (Å²) in [5.74, 6) is 0. The zero-order valence-electron chi connectivity index (χ0n) is 12.6. The number of benzene rings is 3. The quantitative estimate of drug-likeness (QED) is 0.681. The summed E-state index contributed by atoms with van der Waals surface area (Å²) < 4.78 is 13.9. The lowest BCUT2D eigenvalue weighted by atomic mass is 10.2. The average Bonchev–Trinajstić information content (AvgIpc) is 2.64. The first-order valence-electron chi connectivity index (χ1n) is 7.42. The third-order valence-corrected chi connectivity index (χ3v) is 6.91. The van der Waals surface area contributed by atoms with Crippen molar-refractivity contribution in [2.45, 2.75) is 6.16 Å². The van der Waals surface area contributed by atoms with Crippen LogP contribution in [0.25, 0.3) is 0 Å². The Morgan fingerprint density at radius 3 is 1.65 bits per heavy atom. The molecule has 0 aromatic heterocycles. The summed E-state index contributed by atoms with van der Waals surface area (Å²) in [6, 6.07) is 28.7. The van der Waals surface area contributed by atoms with E-state index in [1.54, 1.807) is 12.1 Å². The normalized spacial score (nSPS) is 10.9. The van der Waals surface area contributed by atoms with Crippen molar-refractivity contribution in [1.82, 2.24) is 0 Å². The molecule has 0 spiro atoms. The predicted molar refractivity (Wildman–Crippen MR) is 94.6 cm³/mol. The molecule has 3 aromatic carbocycles. The van der Waals surface area contributed by atoms with Gasteiger partial charge >= 0.3 is 0 Å². The van der Waals surface area contributed by atoms with E-state index in [1.165, 1.54) is 0 Å². The number of hydrogen-bond donors (Lipinski definition) is 0. The van der Waals surface area contributed by atoms with Gasteiger partial charge in [0, 0.05) is 16.8 Å². The molecular formula is C20H16NOP. The molecule has 0 fully saturated rings. The van der Waals surface area contributed by atoms with Gasteiger partial charge in [0.15, 0.2) is 0 Å². The van der Waals surface area contributed by atoms with E-state index in [9.17, 15) is 4.57 Å². The Labute approximate surface area is 136 Å². The fourth-order valence-electron chi connectivity index (χ4n) is 2.61. The summed E-state index contributed by atoms with van der Waals surface area (Å²) in [6.45, 7) is 0. The van der Waals surface area contributed by atoms with Crippen molar-refractivity contribution in [2.75, 3.05) is 0 Å². The van der Waals surface area contributed by atoms with Crippen molar-refractivity contribution in [2.24, 2.45) is 0 Å². The smallest absolute Gasteiger partial charge is 0.147 e. The molecule has 0 unspecified atom stereocenters. The molecule has 0 saturated heterocycles. The minimum absolute atomic E-state index is 0.451. The van der Waals surface area contributed by atoms with Gasteiger partial charge in [0.25, 0.3) is 0 Å². The van der Waals surface area contributed by atoms with Crippen molar-refractivity contribution in [3.8, 4) is 6.07 Å². The Hall–Kier alpha value is -2.62.